The second-order valence-corrected chi connectivity index (χ2v) is 5.61. The first-order chi connectivity index (χ1) is 9.11. The van der Waals surface area contributed by atoms with E-state index in [2.05, 4.69) is 12.2 Å². The van der Waals surface area contributed by atoms with Gasteiger partial charge in [0.2, 0.25) is 5.91 Å². The second kappa shape index (κ2) is 8.93. The SMILES string of the molecule is CC(CN)CSCC(=O)NCCc1ccc(F)cc1. The van der Waals surface area contributed by atoms with E-state index in [1.54, 1.807) is 23.9 Å². The maximum absolute atomic E-state index is 12.7. The molecule has 1 atom stereocenters. The molecule has 3 nitrogen and oxygen atoms in total. The number of thioether (sulfide) groups is 1. The van der Waals surface area contributed by atoms with Gasteiger partial charge in [-0.3, -0.25) is 4.79 Å². The van der Waals surface area contributed by atoms with Crippen LogP contribution in [-0.2, 0) is 11.2 Å². The van der Waals surface area contributed by atoms with E-state index < -0.39 is 0 Å². The average molecular weight is 284 g/mol. The third-order valence-corrected chi connectivity index (χ3v) is 3.96. The van der Waals surface area contributed by atoms with Crippen molar-refractivity contribution in [1.82, 2.24) is 5.32 Å². The molecule has 1 rings (SSSR count). The lowest BCUT2D eigenvalue weighted by atomic mass is 10.1. The number of hydrogen-bond donors (Lipinski definition) is 2. The minimum Gasteiger partial charge on any atom is -0.355 e. The molecular weight excluding hydrogens is 263 g/mol. The lowest BCUT2D eigenvalue weighted by Gasteiger charge is -2.08. The van der Waals surface area contributed by atoms with Crippen molar-refractivity contribution >= 4 is 17.7 Å². The molecule has 1 aromatic rings. The van der Waals surface area contributed by atoms with E-state index in [-0.39, 0.29) is 11.7 Å². The number of nitrogens with one attached hydrogen (secondary N) is 1. The molecule has 0 aromatic heterocycles. The lowest BCUT2D eigenvalue weighted by molar-refractivity contribution is -0.118. The van der Waals surface area contributed by atoms with E-state index >= 15 is 0 Å². The summed E-state index contributed by atoms with van der Waals surface area (Å²) in [6.45, 7) is 3.30. The highest BCUT2D eigenvalue weighted by Crippen LogP contribution is 2.06. The van der Waals surface area contributed by atoms with E-state index in [1.165, 1.54) is 12.1 Å². The zero-order valence-corrected chi connectivity index (χ0v) is 12.0. The molecule has 0 spiro atoms. The molecule has 1 amide bonds. The van der Waals surface area contributed by atoms with Crippen LogP contribution in [0.2, 0.25) is 0 Å². The molecule has 0 bridgehead atoms. The molecule has 0 radical (unpaired) electrons. The first-order valence-electron chi connectivity index (χ1n) is 6.40. The summed E-state index contributed by atoms with van der Waals surface area (Å²) in [5, 5.41) is 2.85. The lowest BCUT2D eigenvalue weighted by Crippen LogP contribution is -2.27. The number of amides is 1. The Morgan fingerprint density at radius 3 is 2.74 bits per heavy atom. The van der Waals surface area contributed by atoms with Gasteiger partial charge in [0.15, 0.2) is 0 Å². The van der Waals surface area contributed by atoms with Crippen LogP contribution in [0.4, 0.5) is 4.39 Å². The van der Waals surface area contributed by atoms with Crippen molar-refractivity contribution < 1.29 is 9.18 Å². The minimum atomic E-state index is -0.238. The van der Waals surface area contributed by atoms with Gasteiger partial charge in [0.05, 0.1) is 5.75 Å². The largest absolute Gasteiger partial charge is 0.355 e. The predicted molar refractivity (Wildman–Crippen MR) is 78.7 cm³/mol. The number of carbonyl (C=O) groups excluding carboxylic acids is 1. The molecule has 1 aromatic carbocycles. The summed E-state index contributed by atoms with van der Waals surface area (Å²) in [5.74, 6) is 1.61. The topological polar surface area (TPSA) is 55.1 Å². The summed E-state index contributed by atoms with van der Waals surface area (Å²) in [7, 11) is 0. The van der Waals surface area contributed by atoms with Crippen LogP contribution in [0.5, 0.6) is 0 Å². The number of nitrogens with two attached hydrogens (primary N) is 1. The fraction of sp³-hybridized carbons (Fsp3) is 0.500. The third-order valence-electron chi connectivity index (χ3n) is 2.69. The highest BCUT2D eigenvalue weighted by molar-refractivity contribution is 7.99. The third kappa shape index (κ3) is 7.18. The first-order valence-corrected chi connectivity index (χ1v) is 7.56. The molecule has 0 saturated carbocycles. The Kier molecular flexibility index (Phi) is 7.52. The van der Waals surface area contributed by atoms with Crippen LogP contribution >= 0.6 is 11.8 Å². The minimum absolute atomic E-state index is 0.0383. The molecule has 3 N–H and O–H groups in total. The number of carbonyl (C=O) groups is 1. The molecule has 0 aliphatic heterocycles. The van der Waals surface area contributed by atoms with Gasteiger partial charge in [-0.25, -0.2) is 4.39 Å². The molecule has 1 unspecified atom stereocenters. The van der Waals surface area contributed by atoms with E-state index in [1.807, 2.05) is 0 Å². The summed E-state index contributed by atoms with van der Waals surface area (Å²) < 4.78 is 12.7. The van der Waals surface area contributed by atoms with Gasteiger partial charge >= 0.3 is 0 Å². The van der Waals surface area contributed by atoms with Crippen molar-refractivity contribution in [2.45, 2.75) is 13.3 Å². The predicted octanol–water partition coefficient (Wildman–Crippen LogP) is 1.81. The molecule has 106 valence electrons. The average Bonchev–Trinajstić information content (AvgIpc) is 2.41. The first kappa shape index (κ1) is 16.0. The molecular formula is C14H21FN2OS. The molecule has 5 heteroatoms. The Balaban J connectivity index is 2.11. The van der Waals surface area contributed by atoms with E-state index in [4.69, 9.17) is 5.73 Å². The normalized spacial score (nSPS) is 12.2. The van der Waals surface area contributed by atoms with Crippen LogP contribution in [0, 0.1) is 11.7 Å². The Hall–Kier alpha value is -1.07. The van der Waals surface area contributed by atoms with E-state index in [0.29, 0.717) is 24.8 Å². The van der Waals surface area contributed by atoms with Gasteiger partial charge in [-0.15, -0.1) is 0 Å². The molecule has 0 aliphatic rings. The van der Waals surface area contributed by atoms with Gasteiger partial charge < -0.3 is 11.1 Å². The van der Waals surface area contributed by atoms with Crippen LogP contribution in [0.15, 0.2) is 24.3 Å². The number of hydrogen-bond acceptors (Lipinski definition) is 3. The highest BCUT2D eigenvalue weighted by Gasteiger charge is 2.04. The molecule has 19 heavy (non-hydrogen) atoms. The van der Waals surface area contributed by atoms with Gasteiger partial charge in [-0.1, -0.05) is 19.1 Å². The van der Waals surface area contributed by atoms with Gasteiger partial charge in [0.25, 0.3) is 0 Å². The summed E-state index contributed by atoms with van der Waals surface area (Å²) in [6, 6.07) is 6.33. The number of rotatable bonds is 8. The Morgan fingerprint density at radius 1 is 1.42 bits per heavy atom. The van der Waals surface area contributed by atoms with Crippen LogP contribution in [0.25, 0.3) is 0 Å². The summed E-state index contributed by atoms with van der Waals surface area (Å²) in [5.41, 5.74) is 6.52. The second-order valence-electron chi connectivity index (χ2n) is 4.58. The quantitative estimate of drug-likeness (QED) is 0.765. The van der Waals surface area contributed by atoms with Crippen LogP contribution in [0.3, 0.4) is 0 Å². The number of halogens is 1. The smallest absolute Gasteiger partial charge is 0.230 e. The maximum atomic E-state index is 12.7. The highest BCUT2D eigenvalue weighted by atomic mass is 32.2. The van der Waals surface area contributed by atoms with Gasteiger partial charge in [-0.2, -0.15) is 11.8 Å². The van der Waals surface area contributed by atoms with Crippen molar-refractivity contribution in [3.63, 3.8) is 0 Å². The van der Waals surface area contributed by atoms with Crippen molar-refractivity contribution in [1.29, 1.82) is 0 Å². The monoisotopic (exact) mass is 284 g/mol. The fourth-order valence-electron chi connectivity index (χ4n) is 1.47. The van der Waals surface area contributed by atoms with Crippen molar-refractivity contribution in [2.75, 3.05) is 24.6 Å². The maximum Gasteiger partial charge on any atom is 0.230 e. The fourth-order valence-corrected chi connectivity index (χ4v) is 2.41. The summed E-state index contributed by atoms with van der Waals surface area (Å²) in [4.78, 5) is 11.5. The Labute approximate surface area is 118 Å². The van der Waals surface area contributed by atoms with Gasteiger partial charge in [0, 0.05) is 6.54 Å². The summed E-state index contributed by atoms with van der Waals surface area (Å²) >= 11 is 1.60. The molecule has 0 fully saturated rings. The molecule has 0 saturated heterocycles. The summed E-state index contributed by atoms with van der Waals surface area (Å²) in [6.07, 6.45) is 0.718. The van der Waals surface area contributed by atoms with Crippen molar-refractivity contribution in [2.24, 2.45) is 11.7 Å². The Morgan fingerprint density at radius 2 is 2.11 bits per heavy atom. The zero-order chi connectivity index (χ0) is 14.1. The standard InChI is InChI=1S/C14H21FN2OS/c1-11(8-16)9-19-10-14(18)17-7-6-12-2-4-13(15)5-3-12/h2-5,11H,6-10,16H2,1H3,(H,17,18). The zero-order valence-electron chi connectivity index (χ0n) is 11.2. The molecule has 0 aliphatic carbocycles. The Bertz CT molecular complexity index is 384. The number of benzene rings is 1. The van der Waals surface area contributed by atoms with E-state index in [0.717, 1.165) is 17.7 Å². The van der Waals surface area contributed by atoms with Gasteiger partial charge in [-0.05, 0) is 42.3 Å². The molecule has 0 heterocycles. The van der Waals surface area contributed by atoms with Crippen molar-refractivity contribution in [3.05, 3.63) is 35.6 Å². The van der Waals surface area contributed by atoms with Crippen molar-refractivity contribution in [3.8, 4) is 0 Å². The van der Waals surface area contributed by atoms with Crippen LogP contribution in [-0.4, -0.2) is 30.5 Å². The van der Waals surface area contributed by atoms with Gasteiger partial charge in [0.1, 0.15) is 5.82 Å². The van der Waals surface area contributed by atoms with Crippen LogP contribution in [0.1, 0.15) is 12.5 Å². The van der Waals surface area contributed by atoms with E-state index in [9.17, 15) is 9.18 Å². The van der Waals surface area contributed by atoms with Crippen LogP contribution < -0.4 is 11.1 Å².